The van der Waals surface area contributed by atoms with E-state index in [0.717, 1.165) is 79.9 Å². The summed E-state index contributed by atoms with van der Waals surface area (Å²) in [7, 11) is -3.57. The lowest BCUT2D eigenvalue weighted by atomic mass is 10.1. The van der Waals surface area contributed by atoms with Crippen LogP contribution in [0.25, 0.3) is 34.7 Å². The first-order chi connectivity index (χ1) is 34.9. The minimum absolute atomic E-state index is 0.0410. The zero-order chi connectivity index (χ0) is 50.5. The second kappa shape index (κ2) is 24.2. The van der Waals surface area contributed by atoms with Gasteiger partial charge in [0.1, 0.15) is 37.1 Å². The third-order valence-corrected chi connectivity index (χ3v) is 12.5. The number of anilines is 3. The minimum Gasteiger partial charge on any atom is -0.492 e. The van der Waals surface area contributed by atoms with E-state index in [0.29, 0.717) is 81.1 Å². The number of hydrogen-bond donors (Lipinski definition) is 4. The van der Waals surface area contributed by atoms with E-state index in [1.54, 1.807) is 30.5 Å². The number of nitrogens with two attached hydrogens (primary N) is 3. The van der Waals surface area contributed by atoms with Gasteiger partial charge in [-0.3, -0.25) is 9.80 Å². The topological polar surface area (TPSA) is 287 Å². The van der Waals surface area contributed by atoms with Crippen molar-refractivity contribution in [2.45, 2.75) is 56.0 Å². The molecule has 0 amide bonds. The number of benzene rings is 2. The Hall–Kier alpha value is -7.35. The Morgan fingerprint density at radius 3 is 1.58 bits per heavy atom. The number of hydrogen-bond acceptors (Lipinski definition) is 20. The summed E-state index contributed by atoms with van der Waals surface area (Å²) in [6.07, 6.45) is 7.01. The van der Waals surface area contributed by atoms with Crippen LogP contribution in [0.5, 0.6) is 11.5 Å². The highest BCUT2D eigenvalue weighted by Crippen LogP contribution is 2.21. The molecule has 22 nitrogen and oxygen atoms in total. The van der Waals surface area contributed by atoms with Crippen molar-refractivity contribution in [3.05, 3.63) is 96.4 Å². The number of fused-ring (bicyclic) bond motifs is 2. The Morgan fingerprint density at radius 1 is 0.653 bits per heavy atom. The first-order valence-corrected chi connectivity index (χ1v) is 25.4. The molecule has 8 heterocycles. The number of rotatable bonds is 17. The molecule has 10 rings (SSSR count). The summed E-state index contributed by atoms with van der Waals surface area (Å²) in [6.45, 7) is 7.56. The summed E-state index contributed by atoms with van der Waals surface area (Å²) in [5.74, 6) is 4.17. The fourth-order valence-corrected chi connectivity index (χ4v) is 8.19. The van der Waals surface area contributed by atoms with Gasteiger partial charge in [-0.1, -0.05) is 24.3 Å². The molecule has 25 heteroatoms. The van der Waals surface area contributed by atoms with E-state index in [-0.39, 0.29) is 23.5 Å². The number of nitrogen functional groups attached to an aromatic ring is 2. The fourth-order valence-electron chi connectivity index (χ4n) is 7.68. The third kappa shape index (κ3) is 14.2. The molecule has 0 bridgehead atoms. The summed E-state index contributed by atoms with van der Waals surface area (Å²) in [6, 6.07) is 23.0. The molecule has 0 radical (unpaired) electrons. The van der Waals surface area contributed by atoms with Gasteiger partial charge in [0.2, 0.25) is 39.3 Å². The van der Waals surface area contributed by atoms with Crippen molar-refractivity contribution >= 4 is 39.2 Å². The maximum absolute atomic E-state index is 13.2. The van der Waals surface area contributed by atoms with Crippen LogP contribution in [0.1, 0.15) is 36.8 Å². The van der Waals surface area contributed by atoms with Crippen molar-refractivity contribution in [1.29, 1.82) is 0 Å². The number of aromatic nitrogens is 10. The van der Waals surface area contributed by atoms with Crippen molar-refractivity contribution in [1.82, 2.24) is 58.9 Å². The average molecular weight is 1010 g/mol. The number of likely N-dealkylation sites (tertiary alicyclic amines) is 2. The highest BCUT2D eigenvalue weighted by molar-refractivity contribution is 7.90. The van der Waals surface area contributed by atoms with Gasteiger partial charge in [0.15, 0.2) is 11.5 Å². The van der Waals surface area contributed by atoms with Gasteiger partial charge >= 0.3 is 0 Å². The largest absolute Gasteiger partial charge is 0.492 e. The smallest absolute Gasteiger partial charge is 0.259 e. The van der Waals surface area contributed by atoms with Gasteiger partial charge in [-0.2, -0.15) is 38.9 Å². The Balaban J connectivity index is 0.000000156. The van der Waals surface area contributed by atoms with Crippen LogP contribution >= 0.6 is 0 Å². The lowest BCUT2D eigenvalue weighted by molar-refractivity contribution is 0.132. The van der Waals surface area contributed by atoms with Crippen LogP contribution in [-0.2, 0) is 22.7 Å². The van der Waals surface area contributed by atoms with Gasteiger partial charge in [0.05, 0.1) is 12.5 Å². The van der Waals surface area contributed by atoms with Crippen LogP contribution < -0.4 is 32.0 Å². The molecule has 0 unspecified atom stereocenters. The van der Waals surface area contributed by atoms with Crippen molar-refractivity contribution in [3.63, 3.8) is 0 Å². The van der Waals surface area contributed by atoms with Gasteiger partial charge in [0, 0.05) is 52.1 Å². The van der Waals surface area contributed by atoms with Crippen LogP contribution in [0.15, 0.2) is 99.3 Å². The van der Waals surface area contributed by atoms with Crippen molar-refractivity contribution in [2.75, 3.05) is 88.6 Å². The van der Waals surface area contributed by atoms with Gasteiger partial charge in [-0.05, 0) is 105 Å². The third-order valence-electron chi connectivity index (χ3n) is 11.6. The average Bonchev–Trinajstić information content (AvgIpc) is 4.23. The highest BCUT2D eigenvalue weighted by Gasteiger charge is 2.21. The van der Waals surface area contributed by atoms with Gasteiger partial charge in [0.25, 0.3) is 16.7 Å². The second-order valence-electron chi connectivity index (χ2n) is 17.0. The van der Waals surface area contributed by atoms with Gasteiger partial charge < -0.3 is 40.8 Å². The number of alkyl halides is 2. The summed E-state index contributed by atoms with van der Waals surface area (Å²) < 4.78 is 73.5. The van der Waals surface area contributed by atoms with E-state index in [1.165, 1.54) is 16.3 Å². The highest BCUT2D eigenvalue weighted by atomic mass is 32.2. The monoisotopic (exact) mass is 1010 g/mol. The van der Waals surface area contributed by atoms with Gasteiger partial charge in [-0.25, -0.2) is 17.2 Å². The Morgan fingerprint density at radius 2 is 1.12 bits per heavy atom. The van der Waals surface area contributed by atoms with E-state index >= 15 is 0 Å². The molecular weight excluding hydrogens is 955 g/mol. The van der Waals surface area contributed by atoms with E-state index in [2.05, 4.69) is 67.4 Å². The molecule has 6 aromatic heterocycles. The molecule has 8 aromatic rings. The number of nitrogens with one attached hydrogen (secondary N) is 1. The molecule has 2 saturated heterocycles. The summed E-state index contributed by atoms with van der Waals surface area (Å²) >= 11 is 0. The van der Waals surface area contributed by atoms with Crippen LogP contribution in [0.2, 0.25) is 0 Å². The molecule has 0 aliphatic carbocycles. The summed E-state index contributed by atoms with van der Waals surface area (Å²) in [4.78, 5) is 29.1. The molecule has 382 valence electrons. The Kier molecular flexibility index (Phi) is 17.1. The fraction of sp³-hybridized carbons (Fsp3) is 0.404. The SMILES string of the molecule is CS(=O)(=O)c1nc(N)n2nc(-c3ccco3)nc2n1.NCCc1ccc(OCCN2CCC(F)CC2)cc1.Nc1nc(NCCc2ccc(OCCN3CCC(F)CC3)cc2)nc2nc(-c3ccco3)nn12. The quantitative estimate of drug-likeness (QED) is 0.0970. The summed E-state index contributed by atoms with van der Waals surface area (Å²) in [5, 5.41) is 11.1. The van der Waals surface area contributed by atoms with Crippen LogP contribution in [0, 0.1) is 0 Å². The number of piperidine rings is 2. The van der Waals surface area contributed by atoms with E-state index in [9.17, 15) is 17.2 Å². The lowest BCUT2D eigenvalue weighted by Crippen LogP contribution is -2.37. The first-order valence-electron chi connectivity index (χ1n) is 23.6. The molecule has 72 heavy (non-hydrogen) atoms. The van der Waals surface area contributed by atoms with Crippen molar-refractivity contribution in [3.8, 4) is 34.7 Å². The molecule has 2 fully saturated rings. The number of halogens is 2. The lowest BCUT2D eigenvalue weighted by Gasteiger charge is -2.28. The Bertz CT molecular complexity index is 3040. The molecule has 0 spiro atoms. The van der Waals surface area contributed by atoms with E-state index < -0.39 is 27.3 Å². The number of sulfone groups is 1. The summed E-state index contributed by atoms with van der Waals surface area (Å²) in [5.41, 5.74) is 19.6. The standard InChI is InChI=1S/C23H27FN8O2.C15H23FN2O.C9H8N6O3S/c24-17-8-11-31(12-9-17)13-15-33-18-5-3-16(4-6-18)7-10-26-22-28-21(25)32-23(29-22)27-20(30-32)19-2-1-14-34-19;16-14-6-9-18(10-7-14)11-12-19-15-3-1-13(2-4-15)5-8-17;1-19(16,17)9-12-7(10)15-8(13-9)11-6(14-15)5-3-2-4-18-5/h1-6,14,17H,7-13,15H2,(H3,25,26,27,28,29,30);1-4,14H,5-12,17H2;2-4H,1H3,(H2,10,11,12,13,14). The molecular formula is C47H58F2N16O6S. The molecule has 7 N–H and O–H groups in total. The Labute approximate surface area is 413 Å². The van der Waals surface area contributed by atoms with Crippen molar-refractivity contribution in [2.24, 2.45) is 5.73 Å². The first kappa shape index (κ1) is 51.0. The predicted octanol–water partition coefficient (Wildman–Crippen LogP) is 4.59. The maximum atomic E-state index is 13.2. The van der Waals surface area contributed by atoms with Crippen LogP contribution in [-0.4, -0.2) is 152 Å². The van der Waals surface area contributed by atoms with Gasteiger partial charge in [-0.15, -0.1) is 10.2 Å². The molecule has 0 atom stereocenters. The minimum atomic E-state index is -3.57. The number of ether oxygens (including phenoxy) is 2. The maximum Gasteiger partial charge on any atom is 0.259 e. The predicted molar refractivity (Wildman–Crippen MR) is 264 cm³/mol. The number of furan rings is 2. The number of nitrogens with zero attached hydrogens (tertiary/aromatic N) is 12. The second-order valence-corrected chi connectivity index (χ2v) is 18.9. The zero-order valence-corrected chi connectivity index (χ0v) is 40.6. The van der Waals surface area contributed by atoms with E-state index in [4.69, 9.17) is 35.5 Å². The van der Waals surface area contributed by atoms with Crippen molar-refractivity contribution < 1.29 is 35.5 Å². The van der Waals surface area contributed by atoms with Crippen LogP contribution in [0.3, 0.4) is 0 Å². The van der Waals surface area contributed by atoms with E-state index in [1.807, 2.05) is 36.4 Å². The van der Waals surface area contributed by atoms with Crippen LogP contribution in [0.4, 0.5) is 26.6 Å². The molecule has 2 aromatic carbocycles. The molecule has 2 aliphatic heterocycles. The molecule has 2 aliphatic rings. The normalized spacial score (nSPS) is 14.9. The zero-order valence-electron chi connectivity index (χ0n) is 39.8. The molecule has 0 saturated carbocycles.